The van der Waals surface area contributed by atoms with Gasteiger partial charge in [0.25, 0.3) is 11.8 Å². The van der Waals surface area contributed by atoms with Gasteiger partial charge in [0.1, 0.15) is 5.69 Å². The minimum Gasteiger partial charge on any atom is -0.381 e. The summed E-state index contributed by atoms with van der Waals surface area (Å²) in [7, 11) is 0. The summed E-state index contributed by atoms with van der Waals surface area (Å²) in [5.41, 5.74) is 9.24. The van der Waals surface area contributed by atoms with E-state index in [2.05, 4.69) is 15.3 Å². The first-order chi connectivity index (χ1) is 14.1. The van der Waals surface area contributed by atoms with E-state index in [9.17, 15) is 9.59 Å². The molecule has 0 unspecified atom stereocenters. The number of anilines is 1. The van der Waals surface area contributed by atoms with Gasteiger partial charge < -0.3 is 16.0 Å². The number of hydrogen-bond donors (Lipinski definition) is 2. The van der Waals surface area contributed by atoms with Gasteiger partial charge in [0.05, 0.1) is 16.9 Å². The molecule has 7 nitrogen and oxygen atoms in total. The third-order valence-electron chi connectivity index (χ3n) is 6.26. The number of aromatic nitrogens is 2. The van der Waals surface area contributed by atoms with Gasteiger partial charge in [0.15, 0.2) is 0 Å². The van der Waals surface area contributed by atoms with E-state index >= 15 is 0 Å². The highest BCUT2D eigenvalue weighted by molar-refractivity contribution is 6.00. The number of piperidine rings is 1. The molecule has 2 fully saturated rings. The van der Waals surface area contributed by atoms with Crippen LogP contribution in [0, 0.1) is 0 Å². The Morgan fingerprint density at radius 1 is 1.14 bits per heavy atom. The van der Waals surface area contributed by atoms with Crippen LogP contribution in [0.15, 0.2) is 36.7 Å². The third kappa shape index (κ3) is 3.06. The largest absolute Gasteiger partial charge is 0.381 e. The van der Waals surface area contributed by atoms with Crippen LogP contribution in [-0.2, 0) is 6.42 Å². The summed E-state index contributed by atoms with van der Waals surface area (Å²) in [6.07, 6.45) is 11.7. The van der Waals surface area contributed by atoms with Crippen LogP contribution in [-0.4, -0.2) is 44.8 Å². The zero-order valence-electron chi connectivity index (χ0n) is 16.0. The molecule has 0 spiro atoms. The number of nitrogens with one attached hydrogen (secondary N) is 1. The number of carbonyl (C=O) groups is 2. The lowest BCUT2D eigenvalue weighted by molar-refractivity contribution is 0.0577. The second-order valence-corrected chi connectivity index (χ2v) is 8.00. The molecule has 2 aromatic rings. The van der Waals surface area contributed by atoms with Crippen LogP contribution in [0.5, 0.6) is 0 Å². The molecule has 0 radical (unpaired) electrons. The molecule has 2 amide bonds. The van der Waals surface area contributed by atoms with E-state index in [0.717, 1.165) is 49.0 Å². The number of rotatable bonds is 4. The van der Waals surface area contributed by atoms with E-state index in [0.29, 0.717) is 11.3 Å². The van der Waals surface area contributed by atoms with Crippen molar-refractivity contribution in [3.05, 3.63) is 59.2 Å². The monoisotopic (exact) mass is 389 g/mol. The fourth-order valence-corrected chi connectivity index (χ4v) is 4.99. The van der Waals surface area contributed by atoms with Crippen LogP contribution in [0.4, 0.5) is 5.69 Å². The summed E-state index contributed by atoms with van der Waals surface area (Å²) in [5, 5.41) is 3.59. The Balaban J connectivity index is 1.38. The molecule has 1 aliphatic carbocycles. The van der Waals surface area contributed by atoms with Gasteiger partial charge in [0.2, 0.25) is 0 Å². The van der Waals surface area contributed by atoms with Crippen LogP contribution in [0.1, 0.15) is 57.8 Å². The van der Waals surface area contributed by atoms with Crippen LogP contribution in [0.2, 0.25) is 0 Å². The molecule has 7 heteroatoms. The minimum absolute atomic E-state index is 0.0158. The highest BCUT2D eigenvalue weighted by atomic mass is 16.2. The first kappa shape index (κ1) is 17.8. The zero-order chi connectivity index (χ0) is 20.0. The van der Waals surface area contributed by atoms with Gasteiger partial charge in [-0.2, -0.15) is 0 Å². The molecular formula is C22H23N5O2. The Kier molecular flexibility index (Phi) is 4.30. The molecule has 2 atom stereocenters. The maximum absolute atomic E-state index is 13.0. The molecule has 2 aliphatic heterocycles. The molecule has 5 rings (SSSR count). The number of fused-ring (bicyclic) bond motifs is 3. The number of nitrogens with two attached hydrogens (primary N) is 1. The van der Waals surface area contributed by atoms with Crippen molar-refractivity contribution < 1.29 is 9.59 Å². The van der Waals surface area contributed by atoms with Gasteiger partial charge in [-0.1, -0.05) is 18.2 Å². The van der Waals surface area contributed by atoms with Gasteiger partial charge >= 0.3 is 0 Å². The van der Waals surface area contributed by atoms with Crippen molar-refractivity contribution in [1.82, 2.24) is 14.9 Å². The molecule has 2 saturated heterocycles. The maximum Gasteiger partial charge on any atom is 0.272 e. The number of primary amides is 1. The van der Waals surface area contributed by atoms with Gasteiger partial charge in [-0.3, -0.25) is 19.6 Å². The van der Waals surface area contributed by atoms with E-state index in [1.54, 1.807) is 18.5 Å². The fraction of sp³-hybridized carbons (Fsp3) is 0.364. The maximum atomic E-state index is 13.0. The summed E-state index contributed by atoms with van der Waals surface area (Å²) in [6, 6.07) is 5.99. The zero-order valence-corrected chi connectivity index (χ0v) is 16.0. The number of nitrogens with zero attached hydrogens (tertiary/aromatic N) is 3. The fourth-order valence-electron chi connectivity index (χ4n) is 4.99. The normalized spacial score (nSPS) is 24.4. The molecule has 148 valence electrons. The van der Waals surface area contributed by atoms with Gasteiger partial charge in [-0.25, -0.2) is 0 Å². The quantitative estimate of drug-likeness (QED) is 0.836. The minimum atomic E-state index is -0.478. The lowest BCUT2D eigenvalue weighted by Crippen LogP contribution is -2.50. The average Bonchev–Trinajstić information content (AvgIpc) is 3.31. The first-order valence-corrected chi connectivity index (χ1v) is 10.1. The molecule has 3 aliphatic rings. The predicted molar refractivity (Wildman–Crippen MR) is 109 cm³/mol. The number of pyridine rings is 2. The van der Waals surface area contributed by atoms with Crippen molar-refractivity contribution in [3.63, 3.8) is 0 Å². The van der Waals surface area contributed by atoms with Crippen molar-refractivity contribution >= 4 is 23.6 Å². The number of amides is 2. The second kappa shape index (κ2) is 6.99. The third-order valence-corrected chi connectivity index (χ3v) is 6.26. The van der Waals surface area contributed by atoms with Crippen LogP contribution in [0.25, 0.3) is 6.08 Å². The second-order valence-electron chi connectivity index (χ2n) is 8.00. The number of carbonyl (C=O) groups excluding carboxylic acids is 2. The smallest absolute Gasteiger partial charge is 0.272 e. The van der Waals surface area contributed by atoms with E-state index in [-0.39, 0.29) is 24.0 Å². The Labute approximate surface area is 169 Å². The van der Waals surface area contributed by atoms with Crippen molar-refractivity contribution in [2.45, 2.75) is 50.2 Å². The van der Waals surface area contributed by atoms with Crippen LogP contribution in [0.3, 0.4) is 0 Å². The van der Waals surface area contributed by atoms with Crippen LogP contribution >= 0.6 is 0 Å². The van der Waals surface area contributed by atoms with E-state index in [4.69, 9.17) is 5.73 Å². The topological polar surface area (TPSA) is 101 Å². The highest BCUT2D eigenvalue weighted by Gasteiger charge is 2.44. The van der Waals surface area contributed by atoms with Crippen molar-refractivity contribution in [2.24, 2.45) is 5.73 Å². The molecule has 4 heterocycles. The summed E-state index contributed by atoms with van der Waals surface area (Å²) in [5.74, 6) is -0.462. The lowest BCUT2D eigenvalue weighted by atomic mass is 9.95. The predicted octanol–water partition coefficient (Wildman–Crippen LogP) is 2.39. The summed E-state index contributed by atoms with van der Waals surface area (Å²) in [6.45, 7) is 0. The summed E-state index contributed by atoms with van der Waals surface area (Å²) >= 11 is 0. The molecule has 2 bridgehead atoms. The molecule has 0 aromatic carbocycles. The molecule has 29 heavy (non-hydrogen) atoms. The van der Waals surface area contributed by atoms with E-state index in [1.807, 2.05) is 29.2 Å². The molecule has 2 aromatic heterocycles. The standard InChI is InChI=1S/C22H23N5O2/c23-21(28)17-12-25-18-6-3-4-16(18)20(17)26-13-10-14-7-8-15(11-13)27(14)22(29)19-5-1-2-9-24-19/h1-5,9,12-15H,6-8,10-11H2,(H2,23,28)(H,25,26)/t14-,15-/m0/s1. The summed E-state index contributed by atoms with van der Waals surface area (Å²) in [4.78, 5) is 35.6. The molecule has 3 N–H and O–H groups in total. The Hall–Kier alpha value is -3.22. The van der Waals surface area contributed by atoms with E-state index < -0.39 is 5.91 Å². The molecule has 0 saturated carbocycles. The lowest BCUT2D eigenvalue weighted by Gasteiger charge is -2.39. The van der Waals surface area contributed by atoms with Gasteiger partial charge in [-0.05, 0) is 37.8 Å². The van der Waals surface area contributed by atoms with Gasteiger partial charge in [0, 0.05) is 42.5 Å². The summed E-state index contributed by atoms with van der Waals surface area (Å²) < 4.78 is 0. The van der Waals surface area contributed by atoms with Crippen molar-refractivity contribution in [1.29, 1.82) is 0 Å². The van der Waals surface area contributed by atoms with Crippen LogP contribution < -0.4 is 11.1 Å². The van der Waals surface area contributed by atoms with Crippen molar-refractivity contribution in [2.75, 3.05) is 5.32 Å². The molecular weight excluding hydrogens is 366 g/mol. The number of hydrogen-bond acceptors (Lipinski definition) is 5. The Morgan fingerprint density at radius 3 is 2.62 bits per heavy atom. The average molecular weight is 389 g/mol. The Morgan fingerprint density at radius 2 is 1.93 bits per heavy atom. The van der Waals surface area contributed by atoms with Gasteiger partial charge in [-0.15, -0.1) is 0 Å². The Bertz CT molecular complexity index is 990. The van der Waals surface area contributed by atoms with Crippen molar-refractivity contribution in [3.8, 4) is 0 Å². The number of allylic oxidation sites excluding steroid dienone is 1. The highest BCUT2D eigenvalue weighted by Crippen LogP contribution is 2.39. The van der Waals surface area contributed by atoms with E-state index in [1.165, 1.54) is 0 Å². The SMILES string of the molecule is NC(=O)c1cnc2c(c1NC1C[C@@H]3CC[C@@H](C1)N3C(=O)c1ccccn1)C=CC2. The first-order valence-electron chi connectivity index (χ1n) is 10.1.